The van der Waals surface area contributed by atoms with Gasteiger partial charge in [0.2, 0.25) is 35.3 Å². The molecule has 2 aliphatic carbocycles. The van der Waals surface area contributed by atoms with Crippen molar-refractivity contribution in [3.63, 3.8) is 0 Å². The van der Waals surface area contributed by atoms with E-state index in [0.29, 0.717) is 13.8 Å². The first kappa shape index (κ1) is 67.9. The number of imidazole rings is 2. The molecule has 2 saturated carbocycles. The normalized spacial score (nSPS) is 18.0. The number of fused-ring (bicyclic) bond motifs is 2. The first-order valence-corrected chi connectivity index (χ1v) is 27.7. The molecule has 2 fully saturated rings. The van der Waals surface area contributed by atoms with Gasteiger partial charge in [0.15, 0.2) is 24.0 Å². The Labute approximate surface area is 490 Å². The van der Waals surface area contributed by atoms with E-state index in [4.69, 9.17) is 0 Å². The molecule has 4 aromatic heterocycles. The number of alkyl halides is 14. The number of halogens is 16. The van der Waals surface area contributed by atoms with Crippen molar-refractivity contribution in [2.75, 3.05) is 13.1 Å². The number of aromatic amines is 2. The van der Waals surface area contributed by atoms with Gasteiger partial charge in [-0.2, -0.15) is 10.2 Å². The number of aromatic nitrogens is 10. The smallest absolute Gasteiger partial charge is 0.289 e. The molecule has 0 spiro atoms. The maximum absolute atomic E-state index is 15.8. The number of nitrogens with one attached hydrogen (secondary N) is 6. The van der Waals surface area contributed by atoms with Gasteiger partial charge < -0.3 is 31.2 Å². The molecule has 18 nitrogen and oxygen atoms in total. The second-order valence-electron chi connectivity index (χ2n) is 22.6. The lowest BCUT2D eigenvalue weighted by molar-refractivity contribution is -0.128. The zero-order chi connectivity index (χ0) is 65.1. The molecule has 0 saturated heterocycles. The van der Waals surface area contributed by atoms with Gasteiger partial charge in [-0.05, 0) is 77.3 Å². The third-order valence-corrected chi connectivity index (χ3v) is 14.9. The first-order valence-electron chi connectivity index (χ1n) is 27.7. The summed E-state index contributed by atoms with van der Waals surface area (Å²) in [5.74, 6) is -26.6. The highest BCUT2D eigenvalue weighted by atomic mass is 19.3. The summed E-state index contributed by atoms with van der Waals surface area (Å²) in [4.78, 5) is 73.5. The van der Waals surface area contributed by atoms with E-state index < -0.39 is 181 Å². The third kappa shape index (κ3) is 16.2. The fourth-order valence-corrected chi connectivity index (χ4v) is 10.4. The molecule has 0 radical (unpaired) electrons. The molecule has 6 N–H and O–H groups in total. The van der Waals surface area contributed by atoms with Gasteiger partial charge in [-0.25, -0.2) is 99.5 Å². The standard InChI is InChI=1S/2C27H31F8N7O2/c2*1-12(2)42-23(37-11-38-42)25(44)41-19(13-6-8-27(34,35)9-7-13)22-39-15-5-4-14(17(28)20(15)40-22)16(18(29)21(30)31)24(43)36-10-26(3,32)33/h2*4-5,11-13,16,18-19,21H,6-10H2,1-3H3,(H,36,43)(H,39,40)(H,41,44)/t16-,18?,19+;16-,18?,19-/m10/s1. The Morgan fingerprint density at radius 2 is 0.909 bits per heavy atom. The van der Waals surface area contributed by atoms with Gasteiger partial charge in [-0.1, -0.05) is 12.1 Å². The molecule has 8 rings (SSSR count). The van der Waals surface area contributed by atoms with Crippen molar-refractivity contribution in [1.82, 2.24) is 70.7 Å². The summed E-state index contributed by atoms with van der Waals surface area (Å²) in [5.41, 5.74) is -2.85. The minimum atomic E-state index is -3.75. The van der Waals surface area contributed by atoms with Crippen LogP contribution in [0.15, 0.2) is 36.9 Å². The van der Waals surface area contributed by atoms with Crippen LogP contribution in [0.2, 0.25) is 0 Å². The quantitative estimate of drug-likeness (QED) is 0.0352. The van der Waals surface area contributed by atoms with Crippen LogP contribution in [0, 0.1) is 23.5 Å². The van der Waals surface area contributed by atoms with E-state index >= 15 is 8.78 Å². The predicted octanol–water partition coefficient (Wildman–Crippen LogP) is 11.3. The van der Waals surface area contributed by atoms with E-state index in [1.807, 2.05) is 0 Å². The highest BCUT2D eigenvalue weighted by molar-refractivity contribution is 5.92. The average molecular weight is 1280 g/mol. The Morgan fingerprint density at radius 3 is 1.20 bits per heavy atom. The van der Waals surface area contributed by atoms with Crippen LogP contribution in [0.4, 0.5) is 70.2 Å². The Kier molecular flexibility index (Phi) is 20.9. The summed E-state index contributed by atoms with van der Waals surface area (Å²) in [5, 5.41) is 16.8. The number of carbonyl (C=O) groups is 4. The number of benzene rings is 2. The molecule has 2 unspecified atom stereocenters. The number of hydrogen-bond acceptors (Lipinski definition) is 10. The molecule has 484 valence electrons. The Morgan fingerprint density at radius 1 is 0.580 bits per heavy atom. The molecule has 88 heavy (non-hydrogen) atoms. The van der Waals surface area contributed by atoms with E-state index in [9.17, 15) is 80.6 Å². The van der Waals surface area contributed by atoms with Crippen LogP contribution in [0.1, 0.15) is 173 Å². The highest BCUT2D eigenvalue weighted by Gasteiger charge is 2.45. The summed E-state index contributed by atoms with van der Waals surface area (Å²) in [6, 6.07) is 1.28. The van der Waals surface area contributed by atoms with Crippen LogP contribution in [0.5, 0.6) is 0 Å². The summed E-state index contributed by atoms with van der Waals surface area (Å²) >= 11 is 0. The Hall–Kier alpha value is -7.58. The lowest BCUT2D eigenvalue weighted by atomic mass is 9.81. The number of nitrogens with zero attached hydrogens (tertiary/aromatic N) is 8. The highest BCUT2D eigenvalue weighted by Crippen LogP contribution is 2.44. The first-order chi connectivity index (χ1) is 41.0. The zero-order valence-electron chi connectivity index (χ0n) is 47.7. The molecular formula is C54H62F16N14O4. The number of H-pyrrole nitrogens is 2. The van der Waals surface area contributed by atoms with Crippen molar-refractivity contribution in [2.24, 2.45) is 11.8 Å². The Balaban J connectivity index is 0.000000251. The van der Waals surface area contributed by atoms with Gasteiger partial charge in [-0.3, -0.25) is 19.2 Å². The molecule has 6 atom stereocenters. The van der Waals surface area contributed by atoms with Crippen LogP contribution in [0.3, 0.4) is 0 Å². The molecule has 0 bridgehead atoms. The van der Waals surface area contributed by atoms with Crippen LogP contribution >= 0.6 is 0 Å². The van der Waals surface area contributed by atoms with E-state index in [0.717, 1.165) is 36.9 Å². The topological polar surface area (TPSA) is 235 Å². The molecule has 2 aromatic carbocycles. The predicted molar refractivity (Wildman–Crippen MR) is 282 cm³/mol. The molecule has 4 amide bonds. The van der Waals surface area contributed by atoms with E-state index in [1.165, 1.54) is 9.36 Å². The van der Waals surface area contributed by atoms with Gasteiger partial charge in [0.25, 0.3) is 36.5 Å². The van der Waals surface area contributed by atoms with Crippen molar-refractivity contribution in [3.8, 4) is 0 Å². The summed E-state index contributed by atoms with van der Waals surface area (Å²) in [6.07, 6.45) is -13.8. The number of carbonyl (C=O) groups excluding carboxylic acids is 4. The second kappa shape index (κ2) is 27.0. The minimum absolute atomic E-state index is 0.0399. The fourth-order valence-electron chi connectivity index (χ4n) is 10.4. The van der Waals surface area contributed by atoms with Crippen molar-refractivity contribution >= 4 is 45.7 Å². The number of hydrogen-bond donors (Lipinski definition) is 6. The van der Waals surface area contributed by atoms with Gasteiger partial charge in [0.05, 0.1) is 36.2 Å². The third-order valence-electron chi connectivity index (χ3n) is 14.9. The van der Waals surface area contributed by atoms with Crippen molar-refractivity contribution in [2.45, 2.75) is 178 Å². The van der Waals surface area contributed by atoms with Crippen molar-refractivity contribution in [1.29, 1.82) is 0 Å². The summed E-state index contributed by atoms with van der Waals surface area (Å²) in [7, 11) is 0. The average Bonchev–Trinajstić information content (AvgIpc) is 1.67. The van der Waals surface area contributed by atoms with E-state index in [-0.39, 0.29) is 72.1 Å². The molecule has 2 aliphatic rings. The van der Waals surface area contributed by atoms with Crippen molar-refractivity contribution < 1.29 is 89.4 Å². The minimum Gasteiger partial charge on any atom is -0.349 e. The van der Waals surface area contributed by atoms with Gasteiger partial charge in [0.1, 0.15) is 47.2 Å². The summed E-state index contributed by atoms with van der Waals surface area (Å²) < 4.78 is 226. The van der Waals surface area contributed by atoms with Crippen molar-refractivity contribution in [3.05, 3.63) is 83.0 Å². The van der Waals surface area contributed by atoms with Crippen LogP contribution in [-0.2, 0) is 9.59 Å². The molecule has 34 heteroatoms. The van der Waals surface area contributed by atoms with E-state index in [2.05, 4.69) is 50.7 Å². The van der Waals surface area contributed by atoms with Crippen LogP contribution in [-0.4, -0.2) is 135 Å². The summed E-state index contributed by atoms with van der Waals surface area (Å²) in [6.45, 7) is 5.28. The molecular weight excluding hydrogens is 1210 g/mol. The fraction of sp³-hybridized carbons (Fsp3) is 0.593. The number of amides is 4. The lowest BCUT2D eigenvalue weighted by Crippen LogP contribution is -2.41. The Bertz CT molecular complexity index is 3170. The SMILES string of the molecule is CC(C)n1ncnc1C(=O)N[C@H](c1nc2c(F)c([C@@H](C(=O)NCC(C)(F)F)C(F)C(F)F)ccc2[nH]1)C1CCC(F)(F)CC1.CC(C)n1ncnc1C(=O)N[C@H](c1nc2c(F)c([C@H](C(=O)NCC(C)(F)F)C(F)C(F)F)ccc2[nH]1)C1CCC(F)(F)CC1. The maximum Gasteiger partial charge on any atom is 0.289 e. The van der Waals surface area contributed by atoms with Gasteiger partial charge in [0, 0.05) is 62.7 Å². The largest absolute Gasteiger partial charge is 0.349 e. The van der Waals surface area contributed by atoms with E-state index in [1.54, 1.807) is 38.3 Å². The molecule has 0 aliphatic heterocycles. The lowest BCUT2D eigenvalue weighted by Gasteiger charge is -2.33. The van der Waals surface area contributed by atoms with Crippen LogP contribution < -0.4 is 21.3 Å². The van der Waals surface area contributed by atoms with Gasteiger partial charge >= 0.3 is 0 Å². The zero-order valence-corrected chi connectivity index (χ0v) is 47.7. The van der Waals surface area contributed by atoms with Crippen LogP contribution in [0.25, 0.3) is 22.1 Å². The van der Waals surface area contributed by atoms with Gasteiger partial charge in [-0.15, -0.1) is 0 Å². The molecule has 6 aromatic rings. The second-order valence-corrected chi connectivity index (χ2v) is 22.6. The monoisotopic (exact) mass is 1270 g/mol. The number of rotatable bonds is 22. The maximum atomic E-state index is 15.8. The molecule has 4 heterocycles.